The molecular formula is C21H28FN3O2. The van der Waals surface area contributed by atoms with Gasteiger partial charge in [-0.05, 0) is 64.0 Å². The Balaban J connectivity index is 1.77. The number of benzene rings is 1. The van der Waals surface area contributed by atoms with E-state index < -0.39 is 11.9 Å². The van der Waals surface area contributed by atoms with Crippen molar-refractivity contribution in [1.29, 1.82) is 0 Å². The molecule has 2 atom stereocenters. The van der Waals surface area contributed by atoms with E-state index in [0.717, 1.165) is 37.7 Å². The Hall–Kier alpha value is -1.95. The number of aliphatic imine (C=N–C) groups is 1. The molecule has 4 rings (SSSR count). The number of halogens is 1. The van der Waals surface area contributed by atoms with Crippen LogP contribution in [0.3, 0.4) is 0 Å². The molecule has 0 aromatic heterocycles. The van der Waals surface area contributed by atoms with E-state index in [4.69, 9.17) is 15.5 Å². The fourth-order valence-corrected chi connectivity index (χ4v) is 5.46. The van der Waals surface area contributed by atoms with E-state index in [-0.39, 0.29) is 23.5 Å². The third-order valence-electron chi connectivity index (χ3n) is 6.55. The minimum absolute atomic E-state index is 0.0156. The van der Waals surface area contributed by atoms with Crippen LogP contribution in [0.1, 0.15) is 57.6 Å². The summed E-state index contributed by atoms with van der Waals surface area (Å²) in [5.74, 6) is 0.292. The molecule has 2 unspecified atom stereocenters. The number of fused-ring (bicyclic) bond motifs is 3. The van der Waals surface area contributed by atoms with Gasteiger partial charge in [-0.3, -0.25) is 9.69 Å². The van der Waals surface area contributed by atoms with Gasteiger partial charge in [0.05, 0.1) is 6.10 Å². The van der Waals surface area contributed by atoms with E-state index in [2.05, 4.69) is 6.07 Å². The lowest BCUT2D eigenvalue weighted by Gasteiger charge is -2.45. The van der Waals surface area contributed by atoms with E-state index in [1.54, 1.807) is 4.90 Å². The summed E-state index contributed by atoms with van der Waals surface area (Å²) in [5.41, 5.74) is 7.13. The van der Waals surface area contributed by atoms with Crippen molar-refractivity contribution in [2.45, 2.75) is 76.9 Å². The van der Waals surface area contributed by atoms with Crippen LogP contribution in [0.5, 0.6) is 0 Å². The summed E-state index contributed by atoms with van der Waals surface area (Å²) in [6.07, 6.45) is 2.44. The monoisotopic (exact) mass is 373 g/mol. The number of amides is 1. The highest BCUT2D eigenvalue weighted by Gasteiger charge is 2.66. The number of nitrogens with zero attached hydrogens (tertiary/aromatic N) is 2. The topological polar surface area (TPSA) is 67.9 Å². The normalized spacial score (nSPS) is 33.8. The molecule has 146 valence electrons. The highest BCUT2D eigenvalue weighted by atomic mass is 19.1. The highest BCUT2D eigenvalue weighted by Crippen LogP contribution is 2.62. The Kier molecular flexibility index (Phi) is 4.29. The van der Waals surface area contributed by atoms with Gasteiger partial charge in [-0.1, -0.05) is 24.3 Å². The van der Waals surface area contributed by atoms with Gasteiger partial charge in [-0.2, -0.15) is 0 Å². The van der Waals surface area contributed by atoms with E-state index in [1.807, 2.05) is 32.0 Å². The number of carbonyl (C=O) groups excluding carboxylic acids is 1. The Morgan fingerprint density at radius 2 is 1.93 bits per heavy atom. The number of carbonyl (C=O) groups is 1. The van der Waals surface area contributed by atoms with Crippen molar-refractivity contribution in [1.82, 2.24) is 4.90 Å². The van der Waals surface area contributed by atoms with Crippen LogP contribution in [0.4, 0.5) is 4.39 Å². The smallest absolute Gasteiger partial charge is 0.262 e. The number of rotatable bonds is 3. The quantitative estimate of drug-likeness (QED) is 0.884. The summed E-state index contributed by atoms with van der Waals surface area (Å²) in [7, 11) is 0. The minimum Gasteiger partial charge on any atom is -0.369 e. The zero-order chi connectivity index (χ0) is 19.4. The van der Waals surface area contributed by atoms with Gasteiger partial charge in [0.2, 0.25) is 0 Å². The van der Waals surface area contributed by atoms with Crippen LogP contribution < -0.4 is 5.73 Å². The summed E-state index contributed by atoms with van der Waals surface area (Å²) in [6.45, 7) is 5.34. The van der Waals surface area contributed by atoms with Crippen molar-refractivity contribution in [3.63, 3.8) is 0 Å². The maximum atomic E-state index is 13.7. The number of hydrogen-bond acceptors (Lipinski definition) is 4. The molecule has 5 nitrogen and oxygen atoms in total. The molecule has 6 heteroatoms. The van der Waals surface area contributed by atoms with Crippen LogP contribution in [0.15, 0.2) is 29.3 Å². The van der Waals surface area contributed by atoms with Gasteiger partial charge in [-0.25, -0.2) is 9.38 Å². The molecule has 2 spiro atoms. The predicted molar refractivity (Wildman–Crippen MR) is 102 cm³/mol. The Bertz CT molecular complexity index is 783. The van der Waals surface area contributed by atoms with Gasteiger partial charge in [0.25, 0.3) is 5.91 Å². The van der Waals surface area contributed by atoms with Gasteiger partial charge < -0.3 is 10.5 Å². The standard InChI is InChI=1S/C21H28FN3O2/c1-13(2)25-18(26)21(24-19(25)23)17-7-5-4-6-15(17)12-20(21)10-8-16(9-11-20)27-14(3)22/h4-7,13-14,16H,8-12H2,1-3H3,(H2,23,24). The first-order chi connectivity index (χ1) is 12.8. The van der Waals surface area contributed by atoms with Crippen LogP contribution in [-0.2, 0) is 21.5 Å². The maximum Gasteiger partial charge on any atom is 0.262 e. The molecule has 1 aromatic carbocycles. The lowest BCUT2D eigenvalue weighted by molar-refractivity contribution is -0.142. The molecule has 2 aliphatic carbocycles. The maximum absolute atomic E-state index is 13.7. The largest absolute Gasteiger partial charge is 0.369 e. The molecule has 2 N–H and O–H groups in total. The lowest BCUT2D eigenvalue weighted by Crippen LogP contribution is -2.53. The first-order valence-corrected chi connectivity index (χ1v) is 9.88. The Morgan fingerprint density at radius 3 is 2.52 bits per heavy atom. The first-order valence-electron chi connectivity index (χ1n) is 9.88. The molecule has 1 fully saturated rings. The zero-order valence-corrected chi connectivity index (χ0v) is 16.2. The fourth-order valence-electron chi connectivity index (χ4n) is 5.46. The number of alkyl halides is 1. The van der Waals surface area contributed by atoms with Crippen LogP contribution in [0.2, 0.25) is 0 Å². The second kappa shape index (κ2) is 6.30. The van der Waals surface area contributed by atoms with Gasteiger partial charge in [0.1, 0.15) is 0 Å². The Labute approximate surface area is 159 Å². The second-order valence-corrected chi connectivity index (χ2v) is 8.44. The first kappa shape index (κ1) is 18.4. The number of hydrogen-bond donors (Lipinski definition) is 1. The van der Waals surface area contributed by atoms with Crippen LogP contribution in [0, 0.1) is 5.41 Å². The van der Waals surface area contributed by atoms with Gasteiger partial charge >= 0.3 is 0 Å². The average Bonchev–Trinajstić information content (AvgIpc) is 3.03. The van der Waals surface area contributed by atoms with Crippen molar-refractivity contribution >= 4 is 11.9 Å². The summed E-state index contributed by atoms with van der Waals surface area (Å²) >= 11 is 0. The third kappa shape index (κ3) is 2.53. The average molecular weight is 373 g/mol. The second-order valence-electron chi connectivity index (χ2n) is 8.44. The van der Waals surface area contributed by atoms with Crippen molar-refractivity contribution in [2.24, 2.45) is 16.1 Å². The molecule has 0 bridgehead atoms. The fraction of sp³-hybridized carbons (Fsp3) is 0.619. The molecule has 1 heterocycles. The van der Waals surface area contributed by atoms with Crippen molar-refractivity contribution < 1.29 is 13.9 Å². The minimum atomic E-state index is -1.27. The number of guanidine groups is 1. The molecule has 0 radical (unpaired) electrons. The molecule has 1 saturated carbocycles. The van der Waals surface area contributed by atoms with Gasteiger partial charge in [0, 0.05) is 11.5 Å². The summed E-state index contributed by atoms with van der Waals surface area (Å²) in [5, 5.41) is 0. The van der Waals surface area contributed by atoms with Crippen LogP contribution in [-0.4, -0.2) is 35.3 Å². The van der Waals surface area contributed by atoms with Crippen LogP contribution >= 0.6 is 0 Å². The third-order valence-corrected chi connectivity index (χ3v) is 6.55. The molecule has 1 aliphatic heterocycles. The molecule has 3 aliphatic rings. The number of nitrogens with two attached hydrogens (primary N) is 1. The van der Waals surface area contributed by atoms with Crippen molar-refractivity contribution in [3.05, 3.63) is 35.4 Å². The van der Waals surface area contributed by atoms with E-state index >= 15 is 0 Å². The number of ether oxygens (including phenoxy) is 1. The van der Waals surface area contributed by atoms with Crippen molar-refractivity contribution in [2.75, 3.05) is 0 Å². The molecule has 1 amide bonds. The van der Waals surface area contributed by atoms with Gasteiger partial charge in [0.15, 0.2) is 17.9 Å². The van der Waals surface area contributed by atoms with E-state index in [9.17, 15) is 9.18 Å². The van der Waals surface area contributed by atoms with Gasteiger partial charge in [-0.15, -0.1) is 0 Å². The SMILES string of the molecule is CC(F)OC1CCC2(CC1)Cc1ccccc1C21N=C(N)N(C(C)C)C1=O. The Morgan fingerprint density at radius 1 is 1.26 bits per heavy atom. The lowest BCUT2D eigenvalue weighted by atomic mass is 9.61. The summed E-state index contributed by atoms with van der Waals surface area (Å²) < 4.78 is 18.7. The summed E-state index contributed by atoms with van der Waals surface area (Å²) in [6, 6.07) is 8.05. The van der Waals surface area contributed by atoms with E-state index in [1.165, 1.54) is 12.5 Å². The van der Waals surface area contributed by atoms with Crippen LogP contribution in [0.25, 0.3) is 0 Å². The predicted octanol–water partition coefficient (Wildman–Crippen LogP) is 3.26. The molecule has 1 aromatic rings. The molecule has 0 saturated heterocycles. The van der Waals surface area contributed by atoms with Crippen molar-refractivity contribution in [3.8, 4) is 0 Å². The highest BCUT2D eigenvalue weighted by molar-refractivity contribution is 6.08. The molecule has 27 heavy (non-hydrogen) atoms. The molecular weight excluding hydrogens is 345 g/mol. The zero-order valence-electron chi connectivity index (χ0n) is 16.2. The van der Waals surface area contributed by atoms with E-state index in [0.29, 0.717) is 5.96 Å². The summed E-state index contributed by atoms with van der Waals surface area (Å²) in [4.78, 5) is 20.2.